The minimum Gasteiger partial charge on any atom is -0.457 e. The van der Waals surface area contributed by atoms with Gasteiger partial charge in [-0.3, -0.25) is 4.57 Å². The van der Waals surface area contributed by atoms with E-state index >= 15 is 0 Å². The van der Waals surface area contributed by atoms with Crippen molar-refractivity contribution in [1.29, 1.82) is 0 Å². The van der Waals surface area contributed by atoms with Gasteiger partial charge in [-0.05, 0) is 104 Å². The number of aryl methyl sites for hydroxylation is 2. The van der Waals surface area contributed by atoms with Gasteiger partial charge in [0.2, 0.25) is 0 Å². The summed E-state index contributed by atoms with van der Waals surface area (Å²) in [4.78, 5) is 4.86. The van der Waals surface area contributed by atoms with Crippen molar-refractivity contribution in [3.63, 3.8) is 0 Å². The molecule has 0 saturated heterocycles. The molecule has 0 fully saturated rings. The predicted molar refractivity (Wildman–Crippen MR) is 194 cm³/mol. The van der Waals surface area contributed by atoms with E-state index in [1.807, 2.05) is 29.1 Å². The van der Waals surface area contributed by atoms with Gasteiger partial charge in [0.15, 0.2) is 0 Å². The Morgan fingerprint density at radius 3 is 2.32 bits per heavy atom. The molecule has 0 N–H and O–H groups in total. The first-order chi connectivity index (χ1) is 22.8. The molecule has 0 aliphatic carbocycles. The Bertz CT molecular complexity index is 2200. The minimum atomic E-state index is 0.407. The molecule has 0 bridgehead atoms. The molecular weight excluding hydrogens is 576 g/mol. The van der Waals surface area contributed by atoms with E-state index < -0.39 is 0 Å². The summed E-state index contributed by atoms with van der Waals surface area (Å²) in [6, 6.07) is 36.3. The number of hydrogen-bond acceptors (Lipinski definition) is 3. The first-order valence-electron chi connectivity index (χ1n) is 16.7. The summed E-state index contributed by atoms with van der Waals surface area (Å²) in [6.45, 7) is 13.2. The second-order valence-corrected chi connectivity index (χ2v) is 13.3. The van der Waals surface area contributed by atoms with E-state index in [0.717, 1.165) is 57.4 Å². The number of fused-ring (bicyclic) bond motifs is 3. The van der Waals surface area contributed by atoms with Gasteiger partial charge < -0.3 is 4.74 Å². The summed E-state index contributed by atoms with van der Waals surface area (Å²) in [6.07, 6.45) is 4.17. The molecule has 7 aromatic rings. The van der Waals surface area contributed by atoms with Crippen LogP contribution in [0.15, 0.2) is 109 Å². The molecular formula is C42H42N4O. The van der Waals surface area contributed by atoms with Crippen LogP contribution >= 0.6 is 0 Å². The average molecular weight is 619 g/mol. The van der Waals surface area contributed by atoms with E-state index in [4.69, 9.17) is 14.8 Å². The van der Waals surface area contributed by atoms with Gasteiger partial charge >= 0.3 is 0 Å². The second-order valence-electron chi connectivity index (χ2n) is 13.3. The number of rotatable bonds is 9. The highest BCUT2D eigenvalue weighted by atomic mass is 16.5. The van der Waals surface area contributed by atoms with Gasteiger partial charge in [-0.2, -0.15) is 5.10 Å². The molecule has 0 radical (unpaired) electrons. The summed E-state index contributed by atoms with van der Waals surface area (Å²) < 4.78 is 10.9. The molecule has 47 heavy (non-hydrogen) atoms. The lowest BCUT2D eigenvalue weighted by Crippen LogP contribution is -2.00. The third-order valence-corrected chi connectivity index (χ3v) is 9.13. The molecule has 5 nitrogen and oxygen atoms in total. The lowest BCUT2D eigenvalue weighted by molar-refractivity contribution is 0.482. The number of aromatic nitrogens is 4. The normalized spacial score (nSPS) is 11.7. The summed E-state index contributed by atoms with van der Waals surface area (Å²) in [5.74, 6) is 3.53. The fourth-order valence-electron chi connectivity index (χ4n) is 6.62. The van der Waals surface area contributed by atoms with Crippen LogP contribution in [0.1, 0.15) is 62.5 Å². The molecule has 0 amide bonds. The fraction of sp³-hybridized carbons (Fsp3) is 0.238. The Balaban J connectivity index is 1.29. The SMILES string of the molecule is Cc1nn(-c2cccc(Oc3ccc4c5cc(CCC(C)C)ccc5n(-c5cc(C(C)C)ccn5)c4c3)c2)c(C)c1-c1ccccc1. The molecule has 0 unspecified atom stereocenters. The molecule has 3 heterocycles. The van der Waals surface area contributed by atoms with Crippen LogP contribution in [0.5, 0.6) is 11.5 Å². The van der Waals surface area contributed by atoms with E-state index in [2.05, 4.69) is 131 Å². The van der Waals surface area contributed by atoms with Crippen molar-refractivity contribution in [3.05, 3.63) is 132 Å². The van der Waals surface area contributed by atoms with Crippen molar-refractivity contribution in [2.45, 2.75) is 60.3 Å². The Morgan fingerprint density at radius 1 is 0.723 bits per heavy atom. The van der Waals surface area contributed by atoms with Crippen molar-refractivity contribution in [1.82, 2.24) is 19.3 Å². The van der Waals surface area contributed by atoms with Crippen LogP contribution in [0.25, 0.3) is 44.4 Å². The van der Waals surface area contributed by atoms with Crippen molar-refractivity contribution in [3.8, 4) is 34.1 Å². The lowest BCUT2D eigenvalue weighted by atomic mass is 10.0. The van der Waals surface area contributed by atoms with Crippen LogP contribution in [0.4, 0.5) is 0 Å². The van der Waals surface area contributed by atoms with E-state index in [0.29, 0.717) is 11.8 Å². The average Bonchev–Trinajstić information content (AvgIpc) is 3.56. The van der Waals surface area contributed by atoms with Gasteiger partial charge in [0, 0.05) is 40.4 Å². The maximum atomic E-state index is 6.57. The van der Waals surface area contributed by atoms with Crippen LogP contribution in [0.3, 0.4) is 0 Å². The van der Waals surface area contributed by atoms with Gasteiger partial charge in [-0.15, -0.1) is 0 Å². The highest BCUT2D eigenvalue weighted by Gasteiger charge is 2.18. The summed E-state index contributed by atoms with van der Waals surface area (Å²) in [7, 11) is 0. The quantitative estimate of drug-likeness (QED) is 0.162. The van der Waals surface area contributed by atoms with Gasteiger partial charge in [-0.1, -0.05) is 70.2 Å². The standard InChI is InChI=1S/C42H42N4O/c1-27(2)15-16-31-17-20-39-38(23-31)37-19-18-36(26-40(37)45(39)41-24-33(28(3)4)21-22-43-41)47-35-14-10-13-34(25-35)46-30(6)42(29(5)44-46)32-11-8-7-9-12-32/h7-14,17-28H,15-16H2,1-6H3. The zero-order valence-electron chi connectivity index (χ0n) is 28.2. The first kappa shape index (κ1) is 30.5. The van der Waals surface area contributed by atoms with Crippen molar-refractivity contribution < 1.29 is 4.74 Å². The minimum absolute atomic E-state index is 0.407. The summed E-state index contributed by atoms with van der Waals surface area (Å²) in [5, 5.41) is 7.35. The smallest absolute Gasteiger partial charge is 0.137 e. The highest BCUT2D eigenvalue weighted by molar-refractivity contribution is 6.09. The third kappa shape index (κ3) is 5.94. The fourth-order valence-corrected chi connectivity index (χ4v) is 6.62. The van der Waals surface area contributed by atoms with E-state index in [1.54, 1.807) is 0 Å². The number of ether oxygens (including phenoxy) is 1. The topological polar surface area (TPSA) is 44.9 Å². The van der Waals surface area contributed by atoms with Gasteiger partial charge in [0.25, 0.3) is 0 Å². The van der Waals surface area contributed by atoms with Crippen LogP contribution in [0, 0.1) is 19.8 Å². The molecule has 3 aromatic heterocycles. The highest BCUT2D eigenvalue weighted by Crippen LogP contribution is 2.37. The Kier molecular flexibility index (Phi) is 8.15. The second kappa shape index (κ2) is 12.6. The maximum absolute atomic E-state index is 6.57. The summed E-state index contributed by atoms with van der Waals surface area (Å²) in [5.41, 5.74) is 10.3. The zero-order chi connectivity index (χ0) is 32.7. The number of pyridine rings is 1. The van der Waals surface area contributed by atoms with Crippen LogP contribution < -0.4 is 4.74 Å². The van der Waals surface area contributed by atoms with Gasteiger partial charge in [0.1, 0.15) is 17.3 Å². The molecule has 0 saturated carbocycles. The number of hydrogen-bond donors (Lipinski definition) is 0. The molecule has 0 aliphatic heterocycles. The maximum Gasteiger partial charge on any atom is 0.137 e. The van der Waals surface area contributed by atoms with E-state index in [9.17, 15) is 0 Å². The van der Waals surface area contributed by atoms with Crippen LogP contribution in [-0.2, 0) is 6.42 Å². The Hall–Kier alpha value is -5.16. The molecule has 4 aromatic carbocycles. The van der Waals surface area contributed by atoms with E-state index in [-0.39, 0.29) is 0 Å². The molecule has 0 atom stereocenters. The van der Waals surface area contributed by atoms with Crippen molar-refractivity contribution in [2.24, 2.45) is 5.92 Å². The number of nitrogens with zero attached hydrogens (tertiary/aromatic N) is 4. The van der Waals surface area contributed by atoms with Crippen molar-refractivity contribution >= 4 is 21.8 Å². The summed E-state index contributed by atoms with van der Waals surface area (Å²) >= 11 is 0. The third-order valence-electron chi connectivity index (χ3n) is 9.13. The van der Waals surface area contributed by atoms with Crippen molar-refractivity contribution in [2.75, 3.05) is 0 Å². The van der Waals surface area contributed by atoms with Crippen LogP contribution in [-0.4, -0.2) is 19.3 Å². The van der Waals surface area contributed by atoms with Gasteiger partial charge in [-0.25, -0.2) is 9.67 Å². The Morgan fingerprint density at radius 2 is 1.53 bits per heavy atom. The molecule has 0 aliphatic rings. The van der Waals surface area contributed by atoms with Crippen LogP contribution in [0.2, 0.25) is 0 Å². The molecule has 5 heteroatoms. The largest absolute Gasteiger partial charge is 0.457 e. The lowest BCUT2D eigenvalue weighted by Gasteiger charge is -2.12. The van der Waals surface area contributed by atoms with Gasteiger partial charge in [0.05, 0.1) is 22.4 Å². The first-order valence-corrected chi connectivity index (χ1v) is 16.7. The molecule has 0 spiro atoms. The number of benzene rings is 4. The Labute approximate surface area is 277 Å². The molecule has 7 rings (SSSR count). The van der Waals surface area contributed by atoms with E-state index in [1.165, 1.54) is 33.9 Å². The zero-order valence-corrected chi connectivity index (χ0v) is 28.2. The monoisotopic (exact) mass is 618 g/mol. The molecule has 236 valence electrons. The predicted octanol–water partition coefficient (Wildman–Crippen LogP) is 11.2.